The summed E-state index contributed by atoms with van der Waals surface area (Å²) in [6, 6.07) is 13.5. The average Bonchev–Trinajstić information content (AvgIpc) is 2.38. The van der Waals surface area contributed by atoms with Crippen molar-refractivity contribution in [1.82, 2.24) is 0 Å². The lowest BCUT2D eigenvalue weighted by atomic mass is 9.97. The van der Waals surface area contributed by atoms with Crippen molar-refractivity contribution in [2.24, 2.45) is 0 Å². The number of hydrogen-bond acceptors (Lipinski definition) is 2. The van der Waals surface area contributed by atoms with Gasteiger partial charge in [-0.25, -0.2) is 0 Å². The molecule has 2 rings (SSSR count). The molecule has 0 saturated carbocycles. The summed E-state index contributed by atoms with van der Waals surface area (Å²) < 4.78 is 5.80. The first-order chi connectivity index (χ1) is 9.11. The van der Waals surface area contributed by atoms with Gasteiger partial charge in [0.1, 0.15) is 11.5 Å². The molecular weight excluding hydrogens is 236 g/mol. The number of Topliss-reactive ketones (excluding diaryl/α,β-unsaturated/α-hetero) is 1. The Morgan fingerprint density at radius 3 is 2.11 bits per heavy atom. The molecule has 2 nitrogen and oxygen atoms in total. The average molecular weight is 254 g/mol. The molecule has 0 aliphatic rings. The van der Waals surface area contributed by atoms with E-state index >= 15 is 0 Å². The lowest BCUT2D eigenvalue weighted by Gasteiger charge is -2.12. The molecule has 0 aliphatic carbocycles. The van der Waals surface area contributed by atoms with Crippen LogP contribution in [0.15, 0.2) is 42.5 Å². The number of ether oxygens (including phenoxy) is 1. The number of hydrogen-bond donors (Lipinski definition) is 0. The van der Waals surface area contributed by atoms with Gasteiger partial charge in [-0.2, -0.15) is 0 Å². The van der Waals surface area contributed by atoms with Crippen molar-refractivity contribution in [2.75, 3.05) is 0 Å². The highest BCUT2D eigenvalue weighted by Gasteiger charge is 2.12. The Balaban J connectivity index is 2.33. The van der Waals surface area contributed by atoms with Crippen molar-refractivity contribution >= 4 is 5.78 Å². The van der Waals surface area contributed by atoms with E-state index < -0.39 is 0 Å². The molecule has 98 valence electrons. The molecular formula is C17H18O2. The fourth-order valence-electron chi connectivity index (χ4n) is 2.22. The van der Waals surface area contributed by atoms with Crippen LogP contribution in [0.2, 0.25) is 0 Å². The number of rotatable bonds is 4. The maximum Gasteiger partial charge on any atom is 0.163 e. The molecule has 0 aromatic heterocycles. The molecule has 0 radical (unpaired) electrons. The monoisotopic (exact) mass is 254 g/mol. The summed E-state index contributed by atoms with van der Waals surface area (Å²) in [7, 11) is 0. The molecule has 0 aliphatic heterocycles. The third-order valence-corrected chi connectivity index (χ3v) is 3.09. The largest absolute Gasteiger partial charge is 0.457 e. The van der Waals surface area contributed by atoms with E-state index in [1.165, 1.54) is 0 Å². The number of benzene rings is 2. The van der Waals surface area contributed by atoms with E-state index in [2.05, 4.69) is 0 Å². The first kappa shape index (κ1) is 13.3. The third kappa shape index (κ3) is 3.02. The lowest BCUT2D eigenvalue weighted by molar-refractivity contribution is 0.0987. The molecule has 2 heteroatoms. The Labute approximate surface area is 114 Å². The Kier molecular flexibility index (Phi) is 4.00. The zero-order valence-electron chi connectivity index (χ0n) is 11.6. The molecule has 0 bridgehead atoms. The van der Waals surface area contributed by atoms with Crippen LogP contribution < -0.4 is 4.74 Å². The number of aryl methyl sites for hydroxylation is 2. The molecule has 0 saturated heterocycles. The summed E-state index contributed by atoms with van der Waals surface area (Å²) in [4.78, 5) is 11.9. The van der Waals surface area contributed by atoms with Gasteiger partial charge >= 0.3 is 0 Å². The zero-order chi connectivity index (χ0) is 13.8. The van der Waals surface area contributed by atoms with Crippen LogP contribution in [0.1, 0.15) is 34.8 Å². The number of carbonyl (C=O) groups is 1. The van der Waals surface area contributed by atoms with Crippen LogP contribution >= 0.6 is 0 Å². The Morgan fingerprint density at radius 2 is 1.58 bits per heavy atom. The maximum atomic E-state index is 11.9. The second kappa shape index (κ2) is 5.70. The van der Waals surface area contributed by atoms with E-state index in [4.69, 9.17) is 4.74 Å². The van der Waals surface area contributed by atoms with Crippen LogP contribution in [0.3, 0.4) is 0 Å². The zero-order valence-corrected chi connectivity index (χ0v) is 11.6. The fourth-order valence-corrected chi connectivity index (χ4v) is 2.22. The van der Waals surface area contributed by atoms with E-state index in [0.717, 1.165) is 28.2 Å². The molecule has 0 atom stereocenters. The van der Waals surface area contributed by atoms with Gasteiger partial charge in [-0.3, -0.25) is 4.79 Å². The summed E-state index contributed by atoms with van der Waals surface area (Å²) in [6.45, 7) is 5.79. The minimum atomic E-state index is 0.182. The highest BCUT2D eigenvalue weighted by atomic mass is 16.5. The first-order valence-electron chi connectivity index (χ1n) is 6.49. The lowest BCUT2D eigenvalue weighted by Crippen LogP contribution is -2.03. The molecule has 0 heterocycles. The van der Waals surface area contributed by atoms with Gasteiger partial charge in [-0.1, -0.05) is 25.1 Å². The summed E-state index contributed by atoms with van der Waals surface area (Å²) >= 11 is 0. The summed E-state index contributed by atoms with van der Waals surface area (Å²) in [5.41, 5.74) is 2.76. The minimum absolute atomic E-state index is 0.182. The van der Waals surface area contributed by atoms with E-state index in [1.807, 2.05) is 63.2 Å². The van der Waals surface area contributed by atoms with Crippen LogP contribution in [0.4, 0.5) is 0 Å². The normalized spacial score (nSPS) is 10.3. The van der Waals surface area contributed by atoms with Gasteiger partial charge in [0.25, 0.3) is 0 Å². The standard InChI is InChI=1S/C17H18O2/c1-4-16(18)17-12(2)10-15(11-13(17)3)19-14-8-6-5-7-9-14/h5-11H,4H2,1-3H3. The Bertz CT molecular complexity index is 562. The predicted octanol–water partition coefficient (Wildman–Crippen LogP) is 4.69. The number of carbonyl (C=O) groups excluding carboxylic acids is 1. The smallest absolute Gasteiger partial charge is 0.163 e. The van der Waals surface area contributed by atoms with Gasteiger partial charge in [0.2, 0.25) is 0 Å². The van der Waals surface area contributed by atoms with Gasteiger partial charge in [0.15, 0.2) is 5.78 Å². The number of para-hydroxylation sites is 1. The fraction of sp³-hybridized carbons (Fsp3) is 0.235. The van der Waals surface area contributed by atoms with Gasteiger partial charge in [-0.15, -0.1) is 0 Å². The molecule has 0 amide bonds. The Hall–Kier alpha value is -2.09. The first-order valence-corrected chi connectivity index (χ1v) is 6.49. The van der Waals surface area contributed by atoms with Crippen LogP contribution in [-0.4, -0.2) is 5.78 Å². The minimum Gasteiger partial charge on any atom is -0.457 e. The van der Waals surface area contributed by atoms with Crippen LogP contribution in [0, 0.1) is 13.8 Å². The van der Waals surface area contributed by atoms with Crippen molar-refractivity contribution in [3.05, 3.63) is 59.2 Å². The van der Waals surface area contributed by atoms with E-state index in [-0.39, 0.29) is 5.78 Å². The second-order valence-corrected chi connectivity index (χ2v) is 4.62. The number of ketones is 1. The highest BCUT2D eigenvalue weighted by Crippen LogP contribution is 2.27. The van der Waals surface area contributed by atoms with Crippen molar-refractivity contribution in [1.29, 1.82) is 0 Å². The van der Waals surface area contributed by atoms with Gasteiger partial charge in [0, 0.05) is 12.0 Å². The van der Waals surface area contributed by atoms with Gasteiger partial charge in [-0.05, 0) is 49.2 Å². The molecule has 19 heavy (non-hydrogen) atoms. The predicted molar refractivity (Wildman–Crippen MR) is 77.1 cm³/mol. The van der Waals surface area contributed by atoms with Gasteiger partial charge < -0.3 is 4.74 Å². The molecule has 2 aromatic carbocycles. The topological polar surface area (TPSA) is 26.3 Å². The van der Waals surface area contributed by atoms with Crippen LogP contribution in [0.25, 0.3) is 0 Å². The maximum absolute atomic E-state index is 11.9. The molecule has 0 fully saturated rings. The molecule has 0 spiro atoms. The second-order valence-electron chi connectivity index (χ2n) is 4.62. The van der Waals surface area contributed by atoms with Gasteiger partial charge in [0.05, 0.1) is 0 Å². The van der Waals surface area contributed by atoms with E-state index in [1.54, 1.807) is 0 Å². The quantitative estimate of drug-likeness (QED) is 0.740. The molecule has 2 aromatic rings. The SMILES string of the molecule is CCC(=O)c1c(C)cc(Oc2ccccc2)cc1C. The van der Waals surface area contributed by atoms with Crippen LogP contribution in [-0.2, 0) is 0 Å². The Morgan fingerprint density at radius 1 is 1.00 bits per heavy atom. The van der Waals surface area contributed by atoms with Crippen molar-refractivity contribution in [3.63, 3.8) is 0 Å². The summed E-state index contributed by atoms with van der Waals surface area (Å²) in [5, 5.41) is 0. The van der Waals surface area contributed by atoms with Crippen molar-refractivity contribution in [3.8, 4) is 11.5 Å². The molecule has 0 N–H and O–H groups in total. The van der Waals surface area contributed by atoms with E-state index in [0.29, 0.717) is 6.42 Å². The molecule has 0 unspecified atom stereocenters. The summed E-state index contributed by atoms with van der Waals surface area (Å²) in [5.74, 6) is 1.76. The van der Waals surface area contributed by atoms with E-state index in [9.17, 15) is 4.79 Å². The van der Waals surface area contributed by atoms with Crippen LogP contribution in [0.5, 0.6) is 11.5 Å². The summed E-state index contributed by atoms with van der Waals surface area (Å²) in [6.07, 6.45) is 0.528. The third-order valence-electron chi connectivity index (χ3n) is 3.09. The highest BCUT2D eigenvalue weighted by molar-refractivity contribution is 5.98. The van der Waals surface area contributed by atoms with Crippen molar-refractivity contribution in [2.45, 2.75) is 27.2 Å². The van der Waals surface area contributed by atoms with Crippen molar-refractivity contribution < 1.29 is 9.53 Å².